The Kier molecular flexibility index (Phi) is 4.98. The van der Waals surface area contributed by atoms with Crippen molar-refractivity contribution in [2.24, 2.45) is 5.92 Å². The van der Waals surface area contributed by atoms with Crippen molar-refractivity contribution in [3.63, 3.8) is 0 Å². The second-order valence-corrected chi connectivity index (χ2v) is 5.62. The fraction of sp³-hybridized carbons (Fsp3) is 0.389. The molecule has 3 rings (SSSR count). The minimum atomic E-state index is 0.219. The van der Waals surface area contributed by atoms with Crippen LogP contribution in [0.2, 0.25) is 0 Å². The molecule has 1 aliphatic rings. The van der Waals surface area contributed by atoms with Gasteiger partial charge in [-0.1, -0.05) is 30.3 Å². The van der Waals surface area contributed by atoms with Crippen LogP contribution in [-0.4, -0.2) is 24.7 Å². The van der Waals surface area contributed by atoms with E-state index in [2.05, 4.69) is 52.8 Å². The Morgan fingerprint density at radius 3 is 2.57 bits per heavy atom. The molecule has 3 heteroatoms. The molecule has 1 saturated heterocycles. The van der Waals surface area contributed by atoms with Gasteiger partial charge in [-0.3, -0.25) is 4.98 Å². The van der Waals surface area contributed by atoms with Gasteiger partial charge in [0.05, 0.1) is 12.6 Å². The first kappa shape index (κ1) is 14.2. The Labute approximate surface area is 126 Å². The molecule has 0 aliphatic carbocycles. The Morgan fingerprint density at radius 1 is 1.10 bits per heavy atom. The molecule has 1 aliphatic heterocycles. The monoisotopic (exact) mass is 282 g/mol. The first-order valence-electron chi connectivity index (χ1n) is 7.69. The molecule has 2 unspecified atom stereocenters. The summed E-state index contributed by atoms with van der Waals surface area (Å²) >= 11 is 0. The van der Waals surface area contributed by atoms with Crippen LogP contribution in [0, 0.1) is 5.92 Å². The lowest BCUT2D eigenvalue weighted by Gasteiger charge is -2.26. The van der Waals surface area contributed by atoms with Crippen LogP contribution in [0.15, 0.2) is 54.9 Å². The third-order valence-electron chi connectivity index (χ3n) is 4.04. The summed E-state index contributed by atoms with van der Waals surface area (Å²) in [6.45, 7) is 2.79. The van der Waals surface area contributed by atoms with E-state index in [1.807, 2.05) is 12.4 Å². The summed E-state index contributed by atoms with van der Waals surface area (Å²) in [5.41, 5.74) is 2.55. The second kappa shape index (κ2) is 7.34. The maximum absolute atomic E-state index is 5.58. The van der Waals surface area contributed by atoms with Crippen molar-refractivity contribution in [2.45, 2.75) is 18.9 Å². The average molecular weight is 282 g/mol. The lowest BCUT2D eigenvalue weighted by atomic mass is 9.97. The van der Waals surface area contributed by atoms with Crippen LogP contribution < -0.4 is 5.32 Å². The maximum atomic E-state index is 5.58. The van der Waals surface area contributed by atoms with E-state index in [0.717, 1.165) is 19.8 Å². The van der Waals surface area contributed by atoms with E-state index >= 15 is 0 Å². The molecule has 21 heavy (non-hydrogen) atoms. The summed E-state index contributed by atoms with van der Waals surface area (Å²) < 4.78 is 5.58. The molecule has 2 heterocycles. The van der Waals surface area contributed by atoms with Gasteiger partial charge in [-0.2, -0.15) is 0 Å². The molecule has 1 fully saturated rings. The van der Waals surface area contributed by atoms with Crippen LogP contribution in [-0.2, 0) is 4.74 Å². The van der Waals surface area contributed by atoms with Gasteiger partial charge in [0.1, 0.15) is 0 Å². The molecular formula is C18H22N2O. The van der Waals surface area contributed by atoms with Gasteiger partial charge in [-0.15, -0.1) is 0 Å². The zero-order valence-electron chi connectivity index (χ0n) is 12.2. The zero-order valence-corrected chi connectivity index (χ0v) is 12.2. The van der Waals surface area contributed by atoms with Crippen LogP contribution in [0.4, 0.5) is 0 Å². The molecular weight excluding hydrogens is 260 g/mol. The summed E-state index contributed by atoms with van der Waals surface area (Å²) in [4.78, 5) is 4.12. The Hall–Kier alpha value is -1.71. The third-order valence-corrected chi connectivity index (χ3v) is 4.04. The lowest BCUT2D eigenvalue weighted by Crippen LogP contribution is -2.32. The normalized spacial score (nSPS) is 20.1. The van der Waals surface area contributed by atoms with E-state index in [1.54, 1.807) is 0 Å². The van der Waals surface area contributed by atoms with Gasteiger partial charge in [-0.25, -0.2) is 0 Å². The van der Waals surface area contributed by atoms with Gasteiger partial charge < -0.3 is 10.1 Å². The summed E-state index contributed by atoms with van der Waals surface area (Å²) in [5, 5.41) is 3.71. The smallest absolute Gasteiger partial charge is 0.0577 e. The van der Waals surface area contributed by atoms with Crippen molar-refractivity contribution in [2.75, 3.05) is 19.8 Å². The molecule has 2 atom stereocenters. The van der Waals surface area contributed by atoms with E-state index < -0.39 is 0 Å². The van der Waals surface area contributed by atoms with E-state index in [0.29, 0.717) is 5.92 Å². The Morgan fingerprint density at radius 2 is 1.86 bits per heavy atom. The van der Waals surface area contributed by atoms with Crippen molar-refractivity contribution < 1.29 is 4.74 Å². The van der Waals surface area contributed by atoms with Crippen LogP contribution in [0.25, 0.3) is 0 Å². The van der Waals surface area contributed by atoms with Gasteiger partial charge in [0, 0.05) is 25.5 Å². The second-order valence-electron chi connectivity index (χ2n) is 5.62. The summed E-state index contributed by atoms with van der Waals surface area (Å²) in [5.74, 6) is 0.617. The number of hydrogen-bond acceptors (Lipinski definition) is 3. The third kappa shape index (κ3) is 3.90. The molecule has 3 nitrogen and oxygen atoms in total. The summed E-state index contributed by atoms with van der Waals surface area (Å²) in [6, 6.07) is 15.0. The molecule has 110 valence electrons. The number of rotatable bonds is 5. The van der Waals surface area contributed by atoms with Crippen LogP contribution in [0.3, 0.4) is 0 Å². The van der Waals surface area contributed by atoms with Crippen LogP contribution in [0.5, 0.6) is 0 Å². The Bertz CT molecular complexity index is 484. The minimum Gasteiger partial charge on any atom is -0.381 e. The average Bonchev–Trinajstić information content (AvgIpc) is 2.58. The number of nitrogens with one attached hydrogen (secondary N) is 1. The van der Waals surface area contributed by atoms with Crippen molar-refractivity contribution in [3.05, 3.63) is 66.0 Å². The molecule has 0 bridgehead atoms. The zero-order chi connectivity index (χ0) is 14.3. The summed E-state index contributed by atoms with van der Waals surface area (Å²) in [6.07, 6.45) is 6.15. The highest BCUT2D eigenvalue weighted by atomic mass is 16.5. The SMILES string of the molecule is c1ccc(C(NCC2CCCOC2)c2ccncc2)cc1. The topological polar surface area (TPSA) is 34.1 Å². The highest BCUT2D eigenvalue weighted by molar-refractivity contribution is 5.30. The van der Waals surface area contributed by atoms with Crippen molar-refractivity contribution in [3.8, 4) is 0 Å². The van der Waals surface area contributed by atoms with E-state index in [9.17, 15) is 0 Å². The lowest BCUT2D eigenvalue weighted by molar-refractivity contribution is 0.0542. The number of benzene rings is 1. The fourth-order valence-electron chi connectivity index (χ4n) is 2.88. The van der Waals surface area contributed by atoms with Gasteiger partial charge in [0.15, 0.2) is 0 Å². The molecule has 2 aromatic rings. The largest absolute Gasteiger partial charge is 0.381 e. The Balaban J connectivity index is 1.73. The number of pyridine rings is 1. The van der Waals surface area contributed by atoms with Gasteiger partial charge in [0.2, 0.25) is 0 Å². The summed E-state index contributed by atoms with van der Waals surface area (Å²) in [7, 11) is 0. The molecule has 0 saturated carbocycles. The molecule has 1 aromatic heterocycles. The van der Waals surface area contributed by atoms with Gasteiger partial charge >= 0.3 is 0 Å². The minimum absolute atomic E-state index is 0.219. The van der Waals surface area contributed by atoms with Crippen molar-refractivity contribution >= 4 is 0 Å². The highest BCUT2D eigenvalue weighted by Gasteiger charge is 2.18. The van der Waals surface area contributed by atoms with Crippen LogP contribution in [0.1, 0.15) is 30.0 Å². The van der Waals surface area contributed by atoms with E-state index in [-0.39, 0.29) is 6.04 Å². The molecule has 1 N–H and O–H groups in total. The fourth-order valence-corrected chi connectivity index (χ4v) is 2.88. The van der Waals surface area contributed by atoms with E-state index in [1.165, 1.54) is 24.0 Å². The van der Waals surface area contributed by atoms with Crippen LogP contribution >= 0.6 is 0 Å². The molecule has 0 radical (unpaired) electrons. The quantitative estimate of drug-likeness (QED) is 0.914. The standard InChI is InChI=1S/C18H22N2O/c1-2-6-16(7-3-1)18(17-8-10-19-11-9-17)20-13-15-5-4-12-21-14-15/h1-3,6-11,15,18,20H,4-5,12-14H2. The number of hydrogen-bond donors (Lipinski definition) is 1. The number of aromatic nitrogens is 1. The molecule has 0 spiro atoms. The highest BCUT2D eigenvalue weighted by Crippen LogP contribution is 2.22. The molecule has 1 aromatic carbocycles. The van der Waals surface area contributed by atoms with E-state index in [4.69, 9.17) is 4.74 Å². The van der Waals surface area contributed by atoms with Crippen molar-refractivity contribution in [1.29, 1.82) is 0 Å². The molecule has 0 amide bonds. The number of nitrogens with zero attached hydrogens (tertiary/aromatic N) is 1. The number of ether oxygens (including phenoxy) is 1. The van der Waals surface area contributed by atoms with Gasteiger partial charge in [-0.05, 0) is 42.0 Å². The predicted octanol–water partition coefficient (Wildman–Crippen LogP) is 3.19. The van der Waals surface area contributed by atoms with Crippen molar-refractivity contribution in [1.82, 2.24) is 10.3 Å². The maximum Gasteiger partial charge on any atom is 0.0577 e. The first-order valence-corrected chi connectivity index (χ1v) is 7.69. The van der Waals surface area contributed by atoms with Gasteiger partial charge in [0.25, 0.3) is 0 Å². The first-order chi connectivity index (χ1) is 10.4. The predicted molar refractivity (Wildman–Crippen MR) is 84.1 cm³/mol.